The summed E-state index contributed by atoms with van der Waals surface area (Å²) in [5.41, 5.74) is 7.09. The molecule has 1 aliphatic rings. The van der Waals surface area contributed by atoms with E-state index in [9.17, 15) is 14.7 Å². The van der Waals surface area contributed by atoms with Crippen molar-refractivity contribution in [3.63, 3.8) is 0 Å². The second-order valence-corrected chi connectivity index (χ2v) is 5.82. The van der Waals surface area contributed by atoms with Crippen molar-refractivity contribution in [2.45, 2.75) is 26.0 Å². The maximum absolute atomic E-state index is 11.5. The normalized spacial score (nSPS) is 17.1. The largest absolute Gasteiger partial charge is 0.378 e. The highest BCUT2D eigenvalue weighted by Gasteiger charge is 2.30. The maximum Gasteiger partial charge on any atom is 0.257 e. The van der Waals surface area contributed by atoms with E-state index < -0.39 is 17.9 Å². The summed E-state index contributed by atoms with van der Waals surface area (Å²) in [4.78, 5) is 24.5. The number of nitrogens with zero attached hydrogens (tertiary/aromatic N) is 1. The molecule has 0 aliphatic carbocycles. The molecule has 1 aromatic carbocycles. The highest BCUT2D eigenvalue weighted by atomic mass is 79.9. The molecule has 6 nitrogen and oxygen atoms in total. The number of primary amides is 1. The molecule has 0 bridgehead atoms. The van der Waals surface area contributed by atoms with Crippen molar-refractivity contribution in [1.29, 1.82) is 0 Å². The fourth-order valence-corrected chi connectivity index (χ4v) is 2.78. The molecule has 2 rings (SSSR count). The number of aliphatic hydroxyl groups excluding tert-OH is 1. The number of carbonyl (C=O) groups excluding carboxylic acids is 2. The first-order valence-electron chi connectivity index (χ1n) is 6.18. The summed E-state index contributed by atoms with van der Waals surface area (Å²) in [6.07, 6.45) is -1.15. The van der Waals surface area contributed by atoms with E-state index in [4.69, 9.17) is 5.73 Å². The van der Waals surface area contributed by atoms with Gasteiger partial charge in [-0.3, -0.25) is 9.59 Å². The molecule has 1 aliphatic heterocycles. The Labute approximate surface area is 125 Å². The molecule has 0 saturated carbocycles. The monoisotopic (exact) mass is 341 g/mol. The molecule has 7 heteroatoms. The molecule has 1 atom stereocenters. The van der Waals surface area contributed by atoms with Crippen molar-refractivity contribution in [3.05, 3.63) is 22.2 Å². The van der Waals surface area contributed by atoms with Gasteiger partial charge in [-0.25, -0.2) is 0 Å². The molecule has 1 aromatic rings. The highest BCUT2D eigenvalue weighted by Crippen LogP contribution is 2.39. The van der Waals surface area contributed by atoms with Crippen molar-refractivity contribution >= 4 is 39.1 Å². The number of hydrogen-bond donors (Lipinski definition) is 3. The van der Waals surface area contributed by atoms with Gasteiger partial charge in [-0.15, -0.1) is 0 Å². The molecule has 4 N–H and O–H groups in total. The van der Waals surface area contributed by atoms with Crippen LogP contribution in [0, 0.1) is 0 Å². The predicted molar refractivity (Wildman–Crippen MR) is 79.4 cm³/mol. The summed E-state index contributed by atoms with van der Waals surface area (Å²) in [5, 5.41) is 12.3. The van der Waals surface area contributed by atoms with Gasteiger partial charge in [0.15, 0.2) is 6.10 Å². The molecule has 1 unspecified atom stereocenters. The van der Waals surface area contributed by atoms with Crippen molar-refractivity contribution < 1.29 is 14.7 Å². The Morgan fingerprint density at radius 3 is 2.75 bits per heavy atom. The second kappa shape index (κ2) is 5.41. The van der Waals surface area contributed by atoms with E-state index in [0.717, 1.165) is 5.69 Å². The zero-order valence-corrected chi connectivity index (χ0v) is 12.8. The summed E-state index contributed by atoms with van der Waals surface area (Å²) < 4.78 is 0.696. The lowest BCUT2D eigenvalue weighted by Crippen LogP contribution is -2.38. The molecule has 0 fully saturated rings. The number of fused-ring (bicyclic) bond motifs is 1. The third-order valence-electron chi connectivity index (χ3n) is 3.18. The molecule has 20 heavy (non-hydrogen) atoms. The van der Waals surface area contributed by atoms with E-state index in [-0.39, 0.29) is 12.6 Å². The Kier molecular flexibility index (Phi) is 4.01. The summed E-state index contributed by atoms with van der Waals surface area (Å²) in [6, 6.07) is 3.47. The number of nitrogens with two attached hydrogens (primary N) is 1. The Bertz CT molecular complexity index is 574. The molecule has 0 aromatic heterocycles. The number of carbonyl (C=O) groups is 2. The molecule has 0 spiro atoms. The third-order valence-corrected chi connectivity index (χ3v) is 3.81. The minimum atomic E-state index is -1.15. The highest BCUT2D eigenvalue weighted by molar-refractivity contribution is 9.10. The van der Waals surface area contributed by atoms with E-state index in [2.05, 4.69) is 21.2 Å². The number of rotatable bonds is 4. The van der Waals surface area contributed by atoms with Crippen LogP contribution in [-0.2, 0) is 9.59 Å². The Balaban J connectivity index is 2.45. The van der Waals surface area contributed by atoms with E-state index >= 15 is 0 Å². The van der Waals surface area contributed by atoms with Gasteiger partial charge in [-0.1, -0.05) is 0 Å². The van der Waals surface area contributed by atoms with E-state index in [1.54, 1.807) is 12.1 Å². The van der Waals surface area contributed by atoms with Gasteiger partial charge in [0.2, 0.25) is 5.91 Å². The van der Waals surface area contributed by atoms with Crippen molar-refractivity contribution in [2.75, 3.05) is 16.8 Å². The van der Waals surface area contributed by atoms with E-state index in [1.807, 2.05) is 18.7 Å². The van der Waals surface area contributed by atoms with Gasteiger partial charge >= 0.3 is 0 Å². The van der Waals surface area contributed by atoms with Crippen LogP contribution in [0.3, 0.4) is 0 Å². The third kappa shape index (κ3) is 2.64. The maximum atomic E-state index is 11.5. The summed E-state index contributed by atoms with van der Waals surface area (Å²) in [7, 11) is 0. The molecule has 0 radical (unpaired) electrons. The average molecular weight is 342 g/mol. The fraction of sp³-hybridized carbons (Fsp3) is 0.385. The van der Waals surface area contributed by atoms with Crippen molar-refractivity contribution in [1.82, 2.24) is 0 Å². The van der Waals surface area contributed by atoms with Gasteiger partial charge in [0.1, 0.15) is 0 Å². The minimum absolute atomic E-state index is 0.0545. The quantitative estimate of drug-likeness (QED) is 0.764. The number of anilines is 2. The van der Waals surface area contributed by atoms with Gasteiger partial charge < -0.3 is 21.1 Å². The van der Waals surface area contributed by atoms with Crippen molar-refractivity contribution in [3.8, 4) is 0 Å². The van der Waals surface area contributed by atoms with Crippen molar-refractivity contribution in [2.24, 2.45) is 5.73 Å². The van der Waals surface area contributed by atoms with Crippen LogP contribution < -0.4 is 16.0 Å². The average Bonchev–Trinajstić information content (AvgIpc) is 2.61. The lowest BCUT2D eigenvalue weighted by Gasteiger charge is -2.29. The number of halogens is 1. The van der Waals surface area contributed by atoms with Gasteiger partial charge in [-0.2, -0.15) is 0 Å². The fourth-order valence-electron chi connectivity index (χ4n) is 2.19. The van der Waals surface area contributed by atoms with Crippen LogP contribution >= 0.6 is 15.9 Å². The predicted octanol–water partition coefficient (Wildman–Crippen LogP) is 1.13. The van der Waals surface area contributed by atoms with E-state index in [0.29, 0.717) is 15.7 Å². The molecule has 0 saturated heterocycles. The zero-order valence-electron chi connectivity index (χ0n) is 11.2. The van der Waals surface area contributed by atoms with Gasteiger partial charge in [0, 0.05) is 21.8 Å². The topological polar surface area (TPSA) is 95.7 Å². The van der Waals surface area contributed by atoms with E-state index in [1.165, 1.54) is 0 Å². The van der Waals surface area contributed by atoms with Crippen LogP contribution in [0.2, 0.25) is 0 Å². The lowest BCUT2D eigenvalue weighted by molar-refractivity contribution is -0.123. The Hall–Kier alpha value is -1.60. The van der Waals surface area contributed by atoms with Crippen LogP contribution in [0.1, 0.15) is 25.5 Å². The minimum Gasteiger partial charge on any atom is -0.378 e. The molecule has 1 heterocycles. The number of amides is 2. The summed E-state index contributed by atoms with van der Waals surface area (Å²) in [5.74, 6) is -0.884. The zero-order chi connectivity index (χ0) is 15.0. The van der Waals surface area contributed by atoms with Crippen LogP contribution in [-0.4, -0.2) is 29.5 Å². The molecule has 2 amide bonds. The SMILES string of the molecule is CC(C)N(CC(N)=O)c1cc2c(cc1Br)C(O)C(=O)N2. The number of nitrogens with one attached hydrogen (secondary N) is 1. The second-order valence-electron chi connectivity index (χ2n) is 4.97. The first-order chi connectivity index (χ1) is 9.31. The van der Waals surface area contributed by atoms with Crippen LogP contribution in [0.15, 0.2) is 16.6 Å². The van der Waals surface area contributed by atoms with Crippen LogP contribution in [0.4, 0.5) is 11.4 Å². The lowest BCUT2D eigenvalue weighted by atomic mass is 10.1. The number of benzene rings is 1. The van der Waals surface area contributed by atoms with Crippen LogP contribution in [0.25, 0.3) is 0 Å². The number of aliphatic hydroxyl groups is 1. The van der Waals surface area contributed by atoms with Gasteiger partial charge in [-0.05, 0) is 41.9 Å². The Morgan fingerprint density at radius 1 is 1.55 bits per heavy atom. The smallest absolute Gasteiger partial charge is 0.257 e. The van der Waals surface area contributed by atoms with Gasteiger partial charge in [0.25, 0.3) is 5.91 Å². The first-order valence-corrected chi connectivity index (χ1v) is 6.98. The molecular formula is C13H16BrN3O3. The summed E-state index contributed by atoms with van der Waals surface area (Å²) >= 11 is 3.41. The van der Waals surface area contributed by atoms with Crippen LogP contribution in [0.5, 0.6) is 0 Å². The standard InChI is InChI=1S/C13H16BrN3O3/c1-6(2)17(5-11(15)18)10-4-9-7(3-8(10)14)12(19)13(20)16-9/h3-4,6,12,19H,5H2,1-2H3,(H2,15,18)(H,16,20). The number of hydrogen-bond acceptors (Lipinski definition) is 4. The Morgan fingerprint density at radius 2 is 2.20 bits per heavy atom. The summed E-state index contributed by atoms with van der Waals surface area (Å²) in [6.45, 7) is 3.96. The van der Waals surface area contributed by atoms with Gasteiger partial charge in [0.05, 0.1) is 12.2 Å². The molecular weight excluding hydrogens is 326 g/mol. The molecule has 108 valence electrons. The first kappa shape index (κ1) is 14.8.